The minimum atomic E-state index is -0.299. The van der Waals surface area contributed by atoms with Crippen LogP contribution in [0, 0.1) is 0 Å². The fourth-order valence-electron chi connectivity index (χ4n) is 2.67. The van der Waals surface area contributed by atoms with Crippen LogP contribution in [0.2, 0.25) is 0 Å². The predicted molar refractivity (Wildman–Crippen MR) is 92.1 cm³/mol. The minimum Gasteiger partial charge on any atom is -0.454 e. The van der Waals surface area contributed by atoms with Gasteiger partial charge in [0.05, 0.1) is 6.54 Å². The van der Waals surface area contributed by atoms with Crippen LogP contribution in [0.4, 0.5) is 0 Å². The molecule has 2 aromatic rings. The molecule has 0 aliphatic carbocycles. The van der Waals surface area contributed by atoms with Crippen molar-refractivity contribution >= 4 is 11.8 Å². The Morgan fingerprint density at radius 2 is 2.00 bits per heavy atom. The maximum atomic E-state index is 12.9. The van der Waals surface area contributed by atoms with Crippen molar-refractivity contribution in [2.45, 2.75) is 26.8 Å². The lowest BCUT2D eigenvalue weighted by atomic mass is 10.1. The molecule has 1 N–H and O–H groups in total. The van der Waals surface area contributed by atoms with Gasteiger partial charge in [0.1, 0.15) is 0 Å². The van der Waals surface area contributed by atoms with Crippen LogP contribution in [-0.2, 0) is 6.54 Å². The summed E-state index contributed by atoms with van der Waals surface area (Å²) in [6.07, 6.45) is 0.785. The van der Waals surface area contributed by atoms with Crippen LogP contribution in [0.15, 0.2) is 28.8 Å². The molecule has 26 heavy (non-hydrogen) atoms. The summed E-state index contributed by atoms with van der Waals surface area (Å²) in [5.74, 6) is 1.19. The third-order valence-electron chi connectivity index (χ3n) is 3.88. The van der Waals surface area contributed by atoms with E-state index in [9.17, 15) is 9.59 Å². The van der Waals surface area contributed by atoms with E-state index in [-0.39, 0.29) is 30.8 Å². The van der Waals surface area contributed by atoms with Gasteiger partial charge in [-0.1, -0.05) is 12.1 Å². The summed E-state index contributed by atoms with van der Waals surface area (Å²) < 4.78 is 15.8. The monoisotopic (exact) mass is 359 g/mol. The molecule has 0 fully saturated rings. The number of hydrogen-bond acceptors (Lipinski definition) is 6. The van der Waals surface area contributed by atoms with Gasteiger partial charge in [0.15, 0.2) is 23.0 Å². The zero-order valence-corrected chi connectivity index (χ0v) is 14.8. The van der Waals surface area contributed by atoms with Crippen LogP contribution in [-0.4, -0.2) is 41.8 Å². The summed E-state index contributed by atoms with van der Waals surface area (Å²) in [5.41, 5.74) is 0.708. The largest absolute Gasteiger partial charge is 0.454 e. The molecule has 1 aromatic heterocycles. The van der Waals surface area contributed by atoms with E-state index in [4.69, 9.17) is 14.0 Å². The van der Waals surface area contributed by atoms with Crippen LogP contribution in [0.1, 0.15) is 46.9 Å². The van der Waals surface area contributed by atoms with Crippen LogP contribution in [0.3, 0.4) is 0 Å². The molecule has 0 atom stereocenters. The molecule has 2 amide bonds. The van der Waals surface area contributed by atoms with Crippen molar-refractivity contribution in [3.63, 3.8) is 0 Å². The van der Waals surface area contributed by atoms with Gasteiger partial charge in [0, 0.05) is 24.7 Å². The quantitative estimate of drug-likeness (QED) is 0.814. The third-order valence-corrected chi connectivity index (χ3v) is 3.88. The first-order valence-electron chi connectivity index (χ1n) is 8.55. The molecule has 8 heteroatoms. The standard InChI is InChI=1S/C18H21N3O5/c1-3-7-21(10-13-9-14(20-26-13)17(22)19-4-2)18(23)12-5-6-15-16(8-12)25-11-24-15/h5-6,8-9H,3-4,7,10-11H2,1-2H3,(H,19,22). The van der Waals surface area contributed by atoms with Gasteiger partial charge in [0.2, 0.25) is 6.79 Å². The molecule has 3 rings (SSSR count). The first-order chi connectivity index (χ1) is 12.6. The van der Waals surface area contributed by atoms with E-state index >= 15 is 0 Å². The lowest BCUT2D eigenvalue weighted by molar-refractivity contribution is 0.0726. The average molecular weight is 359 g/mol. The van der Waals surface area contributed by atoms with Gasteiger partial charge in [-0.25, -0.2) is 0 Å². The van der Waals surface area contributed by atoms with E-state index in [0.717, 1.165) is 6.42 Å². The van der Waals surface area contributed by atoms with Gasteiger partial charge in [-0.15, -0.1) is 0 Å². The Labute approximate surface area is 151 Å². The Kier molecular flexibility index (Phi) is 5.40. The Bertz CT molecular complexity index is 802. The number of carbonyl (C=O) groups is 2. The van der Waals surface area contributed by atoms with E-state index in [1.54, 1.807) is 29.2 Å². The molecule has 2 heterocycles. The summed E-state index contributed by atoms with van der Waals surface area (Å²) >= 11 is 0. The van der Waals surface area contributed by atoms with Crippen molar-refractivity contribution in [3.05, 3.63) is 41.3 Å². The maximum absolute atomic E-state index is 12.9. The first-order valence-corrected chi connectivity index (χ1v) is 8.55. The van der Waals surface area contributed by atoms with E-state index in [2.05, 4.69) is 10.5 Å². The molecule has 1 aliphatic heterocycles. The maximum Gasteiger partial charge on any atom is 0.273 e. The SMILES string of the molecule is CCCN(Cc1cc(C(=O)NCC)no1)C(=O)c1ccc2c(c1)OCO2. The van der Waals surface area contributed by atoms with Crippen molar-refractivity contribution in [2.75, 3.05) is 19.9 Å². The highest BCUT2D eigenvalue weighted by Gasteiger charge is 2.22. The smallest absolute Gasteiger partial charge is 0.273 e. The minimum absolute atomic E-state index is 0.152. The summed E-state index contributed by atoms with van der Waals surface area (Å²) in [6.45, 7) is 5.25. The van der Waals surface area contributed by atoms with Crippen LogP contribution in [0.5, 0.6) is 11.5 Å². The number of aromatic nitrogens is 1. The number of carbonyl (C=O) groups excluding carboxylic acids is 2. The first kappa shape index (κ1) is 17.8. The van der Waals surface area contributed by atoms with Gasteiger partial charge in [-0.05, 0) is 31.5 Å². The molecule has 0 radical (unpaired) electrons. The Morgan fingerprint density at radius 1 is 1.19 bits per heavy atom. The van der Waals surface area contributed by atoms with Crippen molar-refractivity contribution in [2.24, 2.45) is 0 Å². The van der Waals surface area contributed by atoms with Gasteiger partial charge in [0.25, 0.3) is 11.8 Å². The average Bonchev–Trinajstić information content (AvgIpc) is 3.29. The van der Waals surface area contributed by atoms with E-state index in [1.165, 1.54) is 0 Å². The second-order valence-corrected chi connectivity index (χ2v) is 5.83. The predicted octanol–water partition coefficient (Wildman–Crippen LogP) is 2.21. The Hall–Kier alpha value is -3.03. The van der Waals surface area contributed by atoms with Crippen molar-refractivity contribution in [1.82, 2.24) is 15.4 Å². The number of fused-ring (bicyclic) bond motifs is 1. The summed E-state index contributed by atoms with van der Waals surface area (Å²) in [4.78, 5) is 26.3. The lowest BCUT2D eigenvalue weighted by Gasteiger charge is -2.20. The molecule has 0 spiro atoms. The van der Waals surface area contributed by atoms with Crippen molar-refractivity contribution in [1.29, 1.82) is 0 Å². The third kappa shape index (κ3) is 3.79. The summed E-state index contributed by atoms with van der Waals surface area (Å²) in [5, 5.41) is 6.42. The fraction of sp³-hybridized carbons (Fsp3) is 0.389. The number of hydrogen-bond donors (Lipinski definition) is 1. The second kappa shape index (κ2) is 7.90. The van der Waals surface area contributed by atoms with Gasteiger partial charge in [-0.2, -0.15) is 0 Å². The van der Waals surface area contributed by atoms with Gasteiger partial charge >= 0.3 is 0 Å². The topological polar surface area (TPSA) is 93.9 Å². The number of ether oxygens (including phenoxy) is 2. The molecular weight excluding hydrogens is 338 g/mol. The number of rotatable bonds is 7. The molecular formula is C18H21N3O5. The number of nitrogens with one attached hydrogen (secondary N) is 1. The molecule has 0 saturated carbocycles. The zero-order chi connectivity index (χ0) is 18.5. The van der Waals surface area contributed by atoms with E-state index in [0.29, 0.717) is 35.9 Å². The summed E-state index contributed by atoms with van der Waals surface area (Å²) in [6, 6.07) is 6.66. The number of benzene rings is 1. The molecule has 138 valence electrons. The highest BCUT2D eigenvalue weighted by Crippen LogP contribution is 2.32. The van der Waals surface area contributed by atoms with Crippen molar-refractivity contribution < 1.29 is 23.6 Å². The van der Waals surface area contributed by atoms with E-state index in [1.807, 2.05) is 13.8 Å². The fourth-order valence-corrected chi connectivity index (χ4v) is 2.67. The molecule has 0 bridgehead atoms. The molecule has 8 nitrogen and oxygen atoms in total. The van der Waals surface area contributed by atoms with Crippen molar-refractivity contribution in [3.8, 4) is 11.5 Å². The van der Waals surface area contributed by atoms with Gasteiger partial charge in [-0.3, -0.25) is 9.59 Å². The van der Waals surface area contributed by atoms with Crippen LogP contribution in [0.25, 0.3) is 0 Å². The molecule has 1 aromatic carbocycles. The lowest BCUT2D eigenvalue weighted by Crippen LogP contribution is -2.31. The summed E-state index contributed by atoms with van der Waals surface area (Å²) in [7, 11) is 0. The number of amides is 2. The highest BCUT2D eigenvalue weighted by atomic mass is 16.7. The van der Waals surface area contributed by atoms with Crippen LogP contribution < -0.4 is 14.8 Å². The normalized spacial score (nSPS) is 12.1. The van der Waals surface area contributed by atoms with Crippen LogP contribution >= 0.6 is 0 Å². The van der Waals surface area contributed by atoms with Gasteiger partial charge < -0.3 is 24.2 Å². The molecule has 0 unspecified atom stereocenters. The highest BCUT2D eigenvalue weighted by molar-refractivity contribution is 5.95. The molecule has 1 aliphatic rings. The number of nitrogens with zero attached hydrogens (tertiary/aromatic N) is 2. The molecule has 0 saturated heterocycles. The second-order valence-electron chi connectivity index (χ2n) is 5.83. The Balaban J connectivity index is 1.74. The van der Waals surface area contributed by atoms with E-state index < -0.39 is 0 Å². The zero-order valence-electron chi connectivity index (χ0n) is 14.8. The Morgan fingerprint density at radius 3 is 2.77 bits per heavy atom.